The molecule has 19 heavy (non-hydrogen) atoms. The van der Waals surface area contributed by atoms with Crippen LogP contribution >= 0.6 is 0 Å². The van der Waals surface area contributed by atoms with Gasteiger partial charge in [0.15, 0.2) is 0 Å². The van der Waals surface area contributed by atoms with Gasteiger partial charge in [-0.3, -0.25) is 9.78 Å². The van der Waals surface area contributed by atoms with Crippen molar-refractivity contribution >= 4 is 11.6 Å². The number of hydrogen-bond acceptors (Lipinski definition) is 3. The Kier molecular flexibility index (Phi) is 4.00. The van der Waals surface area contributed by atoms with Crippen molar-refractivity contribution in [2.45, 2.75) is 33.6 Å². The molecule has 0 aliphatic rings. The van der Waals surface area contributed by atoms with E-state index in [0.717, 1.165) is 29.8 Å². The summed E-state index contributed by atoms with van der Waals surface area (Å²) < 4.78 is 0. The Morgan fingerprint density at radius 2 is 2.05 bits per heavy atom. The maximum absolute atomic E-state index is 11.6. The topological polar surface area (TPSA) is 57.8 Å². The van der Waals surface area contributed by atoms with Gasteiger partial charge >= 0.3 is 0 Å². The van der Waals surface area contributed by atoms with Crippen LogP contribution in [0.3, 0.4) is 0 Å². The number of aromatic amines is 1. The minimum absolute atomic E-state index is 0.120. The van der Waals surface area contributed by atoms with Crippen molar-refractivity contribution in [2.24, 2.45) is 0 Å². The Labute approximate surface area is 112 Å². The van der Waals surface area contributed by atoms with Crippen molar-refractivity contribution < 1.29 is 0 Å². The van der Waals surface area contributed by atoms with Gasteiger partial charge in [-0.1, -0.05) is 31.0 Å². The summed E-state index contributed by atoms with van der Waals surface area (Å²) in [6, 6.07) is 7.67. The summed E-state index contributed by atoms with van der Waals surface area (Å²) in [6.07, 6.45) is 1.78. The van der Waals surface area contributed by atoms with E-state index in [4.69, 9.17) is 0 Å². The molecule has 2 aromatic rings. The fraction of sp³-hybridized carbons (Fsp3) is 0.333. The normalized spacial score (nSPS) is 10.5. The third-order valence-electron chi connectivity index (χ3n) is 2.94. The first-order valence-corrected chi connectivity index (χ1v) is 6.53. The van der Waals surface area contributed by atoms with Gasteiger partial charge in [-0.2, -0.15) is 0 Å². The number of aromatic nitrogens is 2. The molecule has 0 radical (unpaired) electrons. The average molecular weight is 257 g/mol. The molecule has 1 heterocycles. The first-order valence-electron chi connectivity index (χ1n) is 6.53. The summed E-state index contributed by atoms with van der Waals surface area (Å²) in [5.41, 5.74) is 4.00. The zero-order valence-corrected chi connectivity index (χ0v) is 11.6. The van der Waals surface area contributed by atoms with Gasteiger partial charge in [0, 0.05) is 17.4 Å². The Morgan fingerprint density at radius 1 is 1.26 bits per heavy atom. The fourth-order valence-electron chi connectivity index (χ4n) is 2.03. The van der Waals surface area contributed by atoms with Crippen molar-refractivity contribution in [3.05, 3.63) is 51.4 Å². The smallest absolute Gasteiger partial charge is 0.252 e. The molecule has 0 fully saturated rings. The summed E-state index contributed by atoms with van der Waals surface area (Å²) in [4.78, 5) is 18.7. The molecule has 0 unspecified atom stereocenters. The predicted molar refractivity (Wildman–Crippen MR) is 78.1 cm³/mol. The minimum Gasteiger partial charge on any atom is -0.325 e. The highest BCUT2D eigenvalue weighted by Crippen LogP contribution is 2.18. The number of H-pyrrole nitrogens is 1. The van der Waals surface area contributed by atoms with Crippen molar-refractivity contribution in [1.82, 2.24) is 9.97 Å². The predicted octanol–water partition coefficient (Wildman–Crippen LogP) is 3.08. The summed E-state index contributed by atoms with van der Waals surface area (Å²) in [5, 5.41) is 3.17. The zero-order chi connectivity index (χ0) is 13.8. The molecule has 2 rings (SSSR count). The Bertz CT molecular complexity index is 632. The van der Waals surface area contributed by atoms with Gasteiger partial charge < -0.3 is 5.32 Å². The monoisotopic (exact) mass is 257 g/mol. The second kappa shape index (κ2) is 5.69. The van der Waals surface area contributed by atoms with Crippen LogP contribution in [0, 0.1) is 13.8 Å². The highest BCUT2D eigenvalue weighted by Gasteiger charge is 2.03. The molecule has 0 aliphatic heterocycles. The number of benzene rings is 1. The summed E-state index contributed by atoms with van der Waals surface area (Å²) in [7, 11) is 0. The van der Waals surface area contributed by atoms with Crippen molar-refractivity contribution in [3.63, 3.8) is 0 Å². The molecule has 100 valence electrons. The highest BCUT2D eigenvalue weighted by atomic mass is 16.1. The van der Waals surface area contributed by atoms with Gasteiger partial charge in [0.25, 0.3) is 5.56 Å². The van der Waals surface area contributed by atoms with E-state index >= 15 is 0 Å². The molecule has 4 nitrogen and oxygen atoms in total. The van der Waals surface area contributed by atoms with Crippen molar-refractivity contribution in [2.75, 3.05) is 5.32 Å². The third kappa shape index (κ3) is 3.44. The summed E-state index contributed by atoms with van der Waals surface area (Å²) in [5.74, 6) is 0.503. The standard InChI is InChI=1S/C15H19N3O/c1-4-5-12-9-14(19)18-15(16-12)17-13-7-6-10(2)8-11(13)3/h6-9H,4-5H2,1-3H3,(H2,16,17,18,19). The van der Waals surface area contributed by atoms with Gasteiger partial charge in [0.2, 0.25) is 5.95 Å². The van der Waals surface area contributed by atoms with Crippen LogP contribution in [0.1, 0.15) is 30.2 Å². The van der Waals surface area contributed by atoms with Gasteiger partial charge in [-0.25, -0.2) is 4.98 Å². The Hall–Kier alpha value is -2.10. The molecular formula is C15H19N3O. The van der Waals surface area contributed by atoms with E-state index in [9.17, 15) is 4.79 Å². The average Bonchev–Trinajstić information content (AvgIpc) is 2.32. The SMILES string of the molecule is CCCc1cc(=O)[nH]c(Nc2ccc(C)cc2C)n1. The minimum atomic E-state index is -0.120. The molecule has 0 bridgehead atoms. The van der Waals surface area contributed by atoms with Gasteiger partial charge in [-0.15, -0.1) is 0 Å². The summed E-state index contributed by atoms with van der Waals surface area (Å²) in [6.45, 7) is 6.15. The Morgan fingerprint density at radius 3 is 2.74 bits per heavy atom. The molecule has 0 saturated carbocycles. The molecule has 0 atom stereocenters. The van der Waals surface area contributed by atoms with Gasteiger partial charge in [0.1, 0.15) is 0 Å². The molecule has 1 aromatic heterocycles. The first kappa shape index (κ1) is 13.3. The quantitative estimate of drug-likeness (QED) is 0.885. The van der Waals surface area contributed by atoms with Crippen LogP contribution in [0.2, 0.25) is 0 Å². The second-order valence-corrected chi connectivity index (χ2v) is 4.78. The van der Waals surface area contributed by atoms with E-state index in [1.54, 1.807) is 6.07 Å². The van der Waals surface area contributed by atoms with E-state index in [1.807, 2.05) is 19.1 Å². The molecule has 0 saturated heterocycles. The van der Waals surface area contributed by atoms with E-state index < -0.39 is 0 Å². The van der Waals surface area contributed by atoms with E-state index in [0.29, 0.717) is 5.95 Å². The first-order chi connectivity index (χ1) is 9.08. The van der Waals surface area contributed by atoms with Crippen LogP contribution in [0.5, 0.6) is 0 Å². The van der Waals surface area contributed by atoms with Crippen LogP contribution in [-0.2, 0) is 6.42 Å². The lowest BCUT2D eigenvalue weighted by molar-refractivity contribution is 0.870. The highest BCUT2D eigenvalue weighted by molar-refractivity contribution is 5.58. The van der Waals surface area contributed by atoms with E-state index in [1.165, 1.54) is 5.56 Å². The second-order valence-electron chi connectivity index (χ2n) is 4.78. The lowest BCUT2D eigenvalue weighted by atomic mass is 10.1. The van der Waals surface area contributed by atoms with Crippen LogP contribution in [0.15, 0.2) is 29.1 Å². The number of nitrogens with zero attached hydrogens (tertiary/aromatic N) is 1. The van der Waals surface area contributed by atoms with E-state index in [2.05, 4.69) is 35.2 Å². The lowest BCUT2D eigenvalue weighted by Crippen LogP contribution is -2.12. The number of anilines is 2. The fourth-order valence-corrected chi connectivity index (χ4v) is 2.03. The largest absolute Gasteiger partial charge is 0.325 e. The number of rotatable bonds is 4. The van der Waals surface area contributed by atoms with Gasteiger partial charge in [-0.05, 0) is 31.9 Å². The Balaban J connectivity index is 2.30. The summed E-state index contributed by atoms with van der Waals surface area (Å²) >= 11 is 0. The van der Waals surface area contributed by atoms with Crippen LogP contribution in [-0.4, -0.2) is 9.97 Å². The maximum atomic E-state index is 11.6. The van der Waals surface area contributed by atoms with Crippen molar-refractivity contribution in [3.8, 4) is 0 Å². The van der Waals surface area contributed by atoms with Crippen molar-refractivity contribution in [1.29, 1.82) is 0 Å². The van der Waals surface area contributed by atoms with Crippen LogP contribution in [0.4, 0.5) is 11.6 Å². The van der Waals surface area contributed by atoms with Crippen LogP contribution < -0.4 is 10.9 Å². The number of nitrogens with one attached hydrogen (secondary N) is 2. The molecular weight excluding hydrogens is 238 g/mol. The molecule has 0 amide bonds. The van der Waals surface area contributed by atoms with E-state index in [-0.39, 0.29) is 5.56 Å². The third-order valence-corrected chi connectivity index (χ3v) is 2.94. The zero-order valence-electron chi connectivity index (χ0n) is 11.6. The lowest BCUT2D eigenvalue weighted by Gasteiger charge is -2.10. The molecule has 2 N–H and O–H groups in total. The molecule has 0 aliphatic carbocycles. The molecule has 4 heteroatoms. The van der Waals surface area contributed by atoms with Crippen LogP contribution in [0.25, 0.3) is 0 Å². The molecule has 1 aromatic carbocycles. The number of hydrogen-bond donors (Lipinski definition) is 2. The maximum Gasteiger partial charge on any atom is 0.252 e. The number of aryl methyl sites for hydroxylation is 3. The van der Waals surface area contributed by atoms with Gasteiger partial charge in [0.05, 0.1) is 0 Å². The molecule has 0 spiro atoms.